The fraction of sp³-hybridized carbons (Fsp3) is 0.824. The van der Waals surface area contributed by atoms with E-state index in [4.69, 9.17) is 5.11 Å². The number of hydrogen-bond acceptors (Lipinski definition) is 8. The van der Waals surface area contributed by atoms with Gasteiger partial charge in [0.25, 0.3) is 0 Å². The van der Waals surface area contributed by atoms with E-state index >= 15 is 0 Å². The maximum atomic E-state index is 12.3. The number of hydrogen-bond donors (Lipinski definition) is 4. The molecule has 29 heavy (non-hydrogen) atoms. The lowest BCUT2D eigenvalue weighted by Gasteiger charge is -2.23. The van der Waals surface area contributed by atoms with Crippen LogP contribution in [0.2, 0.25) is 0 Å². The summed E-state index contributed by atoms with van der Waals surface area (Å²) in [6, 6.07) is -1.93. The maximum Gasteiger partial charge on any atom is 0.303 e. The van der Waals surface area contributed by atoms with Crippen LogP contribution in [0.3, 0.4) is 0 Å². The van der Waals surface area contributed by atoms with E-state index in [-0.39, 0.29) is 13.0 Å². The number of nitrogens with one attached hydrogen (secondary N) is 3. The van der Waals surface area contributed by atoms with Gasteiger partial charge in [0, 0.05) is 19.5 Å². The molecule has 0 spiro atoms. The second-order valence-corrected chi connectivity index (χ2v) is 8.68. The molecule has 1 rings (SSSR count). The third-order valence-electron chi connectivity index (χ3n) is 4.60. The SMILES string of the molecule is CN(CCCCCC(=O)O)CCNC(=O)C(CS(=O)(=O)[O-])NC(=O)C1CCCN1. The summed E-state index contributed by atoms with van der Waals surface area (Å²) in [6.07, 6.45) is 3.75. The molecule has 0 aromatic rings. The van der Waals surface area contributed by atoms with Crippen molar-refractivity contribution in [1.29, 1.82) is 0 Å². The van der Waals surface area contributed by atoms with Crippen LogP contribution in [-0.4, -0.2) is 91.8 Å². The molecule has 0 aliphatic carbocycles. The minimum atomic E-state index is -4.70. The lowest BCUT2D eigenvalue weighted by atomic mass is 10.2. The van der Waals surface area contributed by atoms with Gasteiger partial charge in [-0.3, -0.25) is 14.4 Å². The van der Waals surface area contributed by atoms with Crippen molar-refractivity contribution >= 4 is 27.9 Å². The van der Waals surface area contributed by atoms with Crippen LogP contribution in [0.5, 0.6) is 0 Å². The van der Waals surface area contributed by atoms with Gasteiger partial charge >= 0.3 is 5.97 Å². The molecule has 0 aromatic heterocycles. The maximum absolute atomic E-state index is 12.3. The first-order valence-corrected chi connectivity index (χ1v) is 11.3. The van der Waals surface area contributed by atoms with Crippen LogP contribution in [-0.2, 0) is 24.5 Å². The fourth-order valence-electron chi connectivity index (χ4n) is 3.01. The second kappa shape index (κ2) is 12.7. The van der Waals surface area contributed by atoms with E-state index in [9.17, 15) is 27.4 Å². The summed E-state index contributed by atoms with van der Waals surface area (Å²) < 4.78 is 33.3. The quantitative estimate of drug-likeness (QED) is 0.187. The summed E-state index contributed by atoms with van der Waals surface area (Å²) >= 11 is 0. The van der Waals surface area contributed by atoms with Crippen LogP contribution in [0.15, 0.2) is 0 Å². The first kappa shape index (κ1) is 25.3. The van der Waals surface area contributed by atoms with E-state index in [0.717, 1.165) is 25.8 Å². The summed E-state index contributed by atoms with van der Waals surface area (Å²) in [5.74, 6) is -3.03. The molecule has 168 valence electrons. The third kappa shape index (κ3) is 11.7. The minimum Gasteiger partial charge on any atom is -0.748 e. The molecular formula is C17H31N4O7S-. The van der Waals surface area contributed by atoms with E-state index in [1.807, 2.05) is 11.9 Å². The first-order valence-electron chi connectivity index (χ1n) is 9.74. The largest absolute Gasteiger partial charge is 0.748 e. The standard InChI is InChI=1S/C17H32N4O7S/c1-21(10-4-2-3-7-15(22)23)11-9-19-16(24)14(12-29(26,27)28)20-17(25)13-6-5-8-18-13/h13-14,18H,2-12H2,1H3,(H,19,24)(H,20,25)(H,22,23)(H,26,27,28)/p-1. The van der Waals surface area contributed by atoms with Crippen molar-refractivity contribution in [3.63, 3.8) is 0 Å². The summed E-state index contributed by atoms with van der Waals surface area (Å²) in [7, 11) is -2.86. The van der Waals surface area contributed by atoms with Crippen LogP contribution >= 0.6 is 0 Å². The predicted octanol–water partition coefficient (Wildman–Crippen LogP) is -1.54. The minimum absolute atomic E-state index is 0.145. The van der Waals surface area contributed by atoms with Gasteiger partial charge in [-0.15, -0.1) is 0 Å². The van der Waals surface area contributed by atoms with Gasteiger partial charge in [-0.1, -0.05) is 6.42 Å². The van der Waals surface area contributed by atoms with Crippen molar-refractivity contribution in [3.05, 3.63) is 0 Å². The molecule has 2 atom stereocenters. The zero-order valence-electron chi connectivity index (χ0n) is 16.7. The average molecular weight is 436 g/mol. The zero-order chi connectivity index (χ0) is 21.9. The molecule has 1 saturated heterocycles. The Kier molecular flexibility index (Phi) is 11.1. The fourth-order valence-corrected chi connectivity index (χ4v) is 3.65. The lowest BCUT2D eigenvalue weighted by molar-refractivity contribution is -0.137. The molecule has 2 amide bonds. The van der Waals surface area contributed by atoms with Gasteiger partial charge in [0.15, 0.2) is 0 Å². The Balaban J connectivity index is 2.38. The Morgan fingerprint density at radius 3 is 2.55 bits per heavy atom. The number of rotatable bonds is 14. The van der Waals surface area contributed by atoms with E-state index in [0.29, 0.717) is 25.9 Å². The Labute approximate surface area is 171 Å². The van der Waals surface area contributed by atoms with Crippen LogP contribution in [0, 0.1) is 0 Å². The molecule has 2 unspecified atom stereocenters. The molecule has 1 fully saturated rings. The van der Waals surface area contributed by atoms with Gasteiger partial charge in [-0.05, 0) is 45.8 Å². The zero-order valence-corrected chi connectivity index (χ0v) is 17.5. The highest BCUT2D eigenvalue weighted by molar-refractivity contribution is 7.85. The highest BCUT2D eigenvalue weighted by Gasteiger charge is 2.28. The van der Waals surface area contributed by atoms with Crippen molar-refractivity contribution in [2.45, 2.75) is 50.6 Å². The topological polar surface area (TPSA) is 168 Å². The van der Waals surface area contributed by atoms with Crippen LogP contribution in [0.4, 0.5) is 0 Å². The van der Waals surface area contributed by atoms with Crippen molar-refractivity contribution < 1.29 is 32.5 Å². The van der Waals surface area contributed by atoms with Crippen molar-refractivity contribution in [2.24, 2.45) is 0 Å². The molecular weight excluding hydrogens is 404 g/mol. The number of carboxylic acid groups (broad SMARTS) is 1. The van der Waals surface area contributed by atoms with Gasteiger partial charge in [-0.25, -0.2) is 8.42 Å². The Morgan fingerprint density at radius 1 is 1.24 bits per heavy atom. The summed E-state index contributed by atoms with van der Waals surface area (Å²) in [5.41, 5.74) is 0. The monoisotopic (exact) mass is 435 g/mol. The number of unbranched alkanes of at least 4 members (excludes halogenated alkanes) is 2. The Bertz CT molecular complexity index is 650. The number of amides is 2. The number of likely N-dealkylation sites (N-methyl/N-ethyl adjacent to an activating group) is 1. The molecule has 12 heteroatoms. The van der Waals surface area contributed by atoms with E-state index in [2.05, 4.69) is 16.0 Å². The van der Waals surface area contributed by atoms with E-state index in [1.165, 1.54) is 0 Å². The van der Waals surface area contributed by atoms with Crippen molar-refractivity contribution in [2.75, 3.05) is 39.0 Å². The van der Waals surface area contributed by atoms with Gasteiger partial charge < -0.3 is 30.5 Å². The van der Waals surface area contributed by atoms with Gasteiger partial charge in [0.05, 0.1) is 21.9 Å². The van der Waals surface area contributed by atoms with Crippen molar-refractivity contribution in [1.82, 2.24) is 20.9 Å². The predicted molar refractivity (Wildman–Crippen MR) is 104 cm³/mol. The number of aliphatic carboxylic acids is 1. The summed E-state index contributed by atoms with van der Waals surface area (Å²) in [6.45, 7) is 2.09. The molecule has 1 aliphatic heterocycles. The molecule has 0 aromatic carbocycles. The third-order valence-corrected chi connectivity index (χ3v) is 5.35. The Hall–Kier alpha value is -1.76. The van der Waals surface area contributed by atoms with E-state index < -0.39 is 45.7 Å². The molecule has 0 saturated carbocycles. The van der Waals surface area contributed by atoms with Crippen LogP contribution in [0.25, 0.3) is 0 Å². The number of nitrogens with zero attached hydrogens (tertiary/aromatic N) is 1. The van der Waals surface area contributed by atoms with Gasteiger partial charge in [0.2, 0.25) is 11.8 Å². The number of carbonyl (C=O) groups is 3. The molecule has 0 bridgehead atoms. The molecule has 0 radical (unpaired) electrons. The molecule has 1 aliphatic rings. The highest BCUT2D eigenvalue weighted by atomic mass is 32.2. The first-order chi connectivity index (χ1) is 13.6. The van der Waals surface area contributed by atoms with Crippen LogP contribution in [0.1, 0.15) is 38.5 Å². The van der Waals surface area contributed by atoms with Gasteiger partial charge in [0.1, 0.15) is 6.04 Å². The highest BCUT2D eigenvalue weighted by Crippen LogP contribution is 2.05. The van der Waals surface area contributed by atoms with Crippen molar-refractivity contribution in [3.8, 4) is 0 Å². The second-order valence-electron chi connectivity index (χ2n) is 7.23. The average Bonchev–Trinajstić information content (AvgIpc) is 3.14. The lowest BCUT2D eigenvalue weighted by Crippen LogP contribution is -2.54. The molecule has 11 nitrogen and oxygen atoms in total. The number of carboxylic acids is 1. The van der Waals surface area contributed by atoms with E-state index in [1.54, 1.807) is 0 Å². The smallest absolute Gasteiger partial charge is 0.303 e. The molecule has 1 heterocycles. The summed E-state index contributed by atoms with van der Waals surface area (Å²) in [4.78, 5) is 36.8. The summed E-state index contributed by atoms with van der Waals surface area (Å²) in [5, 5.41) is 16.4. The van der Waals surface area contributed by atoms with Crippen LogP contribution < -0.4 is 16.0 Å². The van der Waals surface area contributed by atoms with Gasteiger partial charge in [-0.2, -0.15) is 0 Å². The number of carbonyl (C=O) groups excluding carboxylic acids is 2. The Morgan fingerprint density at radius 2 is 1.97 bits per heavy atom. The molecule has 4 N–H and O–H groups in total. The normalized spacial score (nSPS) is 17.8.